The molecule has 0 saturated heterocycles. The lowest BCUT2D eigenvalue weighted by Gasteiger charge is -2.37. The molecule has 214 valence electrons. The molecule has 0 saturated carbocycles. The van der Waals surface area contributed by atoms with Crippen LogP contribution in [0, 0.1) is 17.2 Å². The van der Waals surface area contributed by atoms with Gasteiger partial charge < -0.3 is 28.5 Å². The lowest BCUT2D eigenvalue weighted by molar-refractivity contribution is -0.909. The van der Waals surface area contributed by atoms with Gasteiger partial charge in [-0.2, -0.15) is 5.26 Å². The molecule has 2 unspecified atom stereocenters. The van der Waals surface area contributed by atoms with Crippen LogP contribution in [0.25, 0.3) is 0 Å². The molecule has 0 fully saturated rings. The summed E-state index contributed by atoms with van der Waals surface area (Å²) in [6.07, 6.45) is 3.12. The number of quaternary nitrogens is 1. The van der Waals surface area contributed by atoms with Crippen molar-refractivity contribution in [2.24, 2.45) is 5.92 Å². The van der Waals surface area contributed by atoms with Crippen LogP contribution in [0.2, 0.25) is 0 Å². The van der Waals surface area contributed by atoms with E-state index in [-0.39, 0.29) is 11.5 Å². The maximum atomic E-state index is 12.0. The zero-order valence-electron chi connectivity index (χ0n) is 24.8. The highest BCUT2D eigenvalue weighted by Gasteiger charge is 2.37. The Morgan fingerprint density at radius 3 is 2.05 bits per heavy atom. The zero-order chi connectivity index (χ0) is 29.2. The fourth-order valence-corrected chi connectivity index (χ4v) is 5.46. The van der Waals surface area contributed by atoms with Gasteiger partial charge in [0.2, 0.25) is 0 Å². The first-order chi connectivity index (χ1) is 18.5. The molecule has 0 bridgehead atoms. The molecule has 2 aromatic carbocycles. The topological polar surface area (TPSA) is 98.0 Å². The average molecular weight is 542 g/mol. The van der Waals surface area contributed by atoms with Gasteiger partial charge >= 0.3 is 5.97 Å². The van der Waals surface area contributed by atoms with Crippen molar-refractivity contribution < 1.29 is 33.3 Å². The molecule has 1 N–H and O–H groups in total. The molecule has 2 atom stereocenters. The number of nitriles is 1. The third-order valence-corrected chi connectivity index (χ3v) is 7.88. The molecule has 8 nitrogen and oxygen atoms in total. The van der Waals surface area contributed by atoms with Gasteiger partial charge in [0.15, 0.2) is 23.0 Å². The first-order valence-electron chi connectivity index (χ1n) is 13.5. The summed E-state index contributed by atoms with van der Waals surface area (Å²) in [4.78, 5) is 12.0. The van der Waals surface area contributed by atoms with E-state index in [4.69, 9.17) is 18.9 Å². The van der Waals surface area contributed by atoms with E-state index < -0.39 is 11.4 Å². The van der Waals surface area contributed by atoms with Crippen LogP contribution in [0.15, 0.2) is 30.3 Å². The highest BCUT2D eigenvalue weighted by Crippen LogP contribution is 2.40. The monoisotopic (exact) mass is 541 g/mol. The predicted molar refractivity (Wildman–Crippen MR) is 152 cm³/mol. The van der Waals surface area contributed by atoms with Crippen LogP contribution in [0.4, 0.5) is 0 Å². The van der Waals surface area contributed by atoms with Crippen LogP contribution in [0.3, 0.4) is 0 Å². The molecular formula is C31H45N2O6+. The van der Waals surface area contributed by atoms with Gasteiger partial charge in [0.25, 0.3) is 0 Å². The molecular weight excluding hydrogens is 496 g/mol. The summed E-state index contributed by atoms with van der Waals surface area (Å²) in [6, 6.07) is 11.7. The third-order valence-electron chi connectivity index (χ3n) is 7.88. The number of carboxylic acid groups (broad SMARTS) is 1. The van der Waals surface area contributed by atoms with E-state index in [1.165, 1.54) is 13.2 Å². The molecule has 0 heterocycles. The van der Waals surface area contributed by atoms with Crippen LogP contribution in [-0.4, -0.2) is 70.7 Å². The first kappa shape index (κ1) is 31.8. The van der Waals surface area contributed by atoms with Gasteiger partial charge in [-0.15, -0.1) is 0 Å². The fourth-order valence-electron chi connectivity index (χ4n) is 5.46. The summed E-state index contributed by atoms with van der Waals surface area (Å²) in [5.74, 6) is 1.29. The number of aromatic carboxylic acids is 1. The number of hydrogen-bond acceptors (Lipinski definition) is 6. The van der Waals surface area contributed by atoms with Gasteiger partial charge in [0.05, 0.1) is 72.2 Å². The van der Waals surface area contributed by atoms with Gasteiger partial charge in [0, 0.05) is 6.42 Å². The van der Waals surface area contributed by atoms with E-state index in [2.05, 4.69) is 33.9 Å². The van der Waals surface area contributed by atoms with Crippen molar-refractivity contribution in [2.75, 3.05) is 55.1 Å². The van der Waals surface area contributed by atoms with Crippen LogP contribution >= 0.6 is 0 Å². The number of hydrogen-bond donors (Lipinski definition) is 1. The molecule has 0 aliphatic rings. The van der Waals surface area contributed by atoms with Crippen LogP contribution in [0.5, 0.6) is 23.0 Å². The number of likely N-dealkylation sites (N-methyl/N-ethyl adjacent to an activating group) is 1. The second kappa shape index (κ2) is 14.1. The predicted octanol–water partition coefficient (Wildman–Crippen LogP) is 5.72. The largest absolute Gasteiger partial charge is 0.493 e. The number of rotatable bonds is 16. The van der Waals surface area contributed by atoms with Gasteiger partial charge in [-0.25, -0.2) is 4.79 Å². The quantitative estimate of drug-likeness (QED) is 0.272. The Kier molecular flexibility index (Phi) is 11.5. The van der Waals surface area contributed by atoms with E-state index in [0.717, 1.165) is 48.1 Å². The van der Waals surface area contributed by atoms with Crippen molar-refractivity contribution in [2.45, 2.75) is 51.9 Å². The lowest BCUT2D eigenvalue weighted by Crippen LogP contribution is -2.47. The van der Waals surface area contributed by atoms with Gasteiger partial charge in [-0.1, -0.05) is 26.8 Å². The summed E-state index contributed by atoms with van der Waals surface area (Å²) in [7, 11) is 8.47. The van der Waals surface area contributed by atoms with E-state index in [0.29, 0.717) is 35.8 Å². The Bertz CT molecular complexity index is 1160. The number of ether oxygens (including phenoxy) is 4. The third kappa shape index (κ3) is 7.36. The molecule has 8 heteroatoms. The van der Waals surface area contributed by atoms with Crippen molar-refractivity contribution >= 4 is 5.97 Å². The summed E-state index contributed by atoms with van der Waals surface area (Å²) in [6.45, 7) is 8.92. The molecule has 0 aromatic heterocycles. The maximum Gasteiger partial charge on any atom is 0.336 e. The van der Waals surface area contributed by atoms with Crippen LogP contribution in [-0.2, 0) is 11.8 Å². The standard InChI is InChI=1S/C31H44N2O6/c1-9-15-33(4,17-13-23-18-27(37-6)29(39-8)20-25(23)30(34)35)16-10-14-31(21-32,22(2)3)24-11-12-26(36-5)28(19-24)38-7/h11-12,18-20,22H,9-10,13-17H2,1-8H3/p+1. The zero-order valence-corrected chi connectivity index (χ0v) is 24.8. The summed E-state index contributed by atoms with van der Waals surface area (Å²) >= 11 is 0. The van der Waals surface area contributed by atoms with Gasteiger partial charge in [0.1, 0.15) is 0 Å². The second-order valence-corrected chi connectivity index (χ2v) is 10.6. The smallest absolute Gasteiger partial charge is 0.336 e. The van der Waals surface area contributed by atoms with Gasteiger partial charge in [-0.3, -0.25) is 0 Å². The lowest BCUT2D eigenvalue weighted by atomic mass is 9.69. The van der Waals surface area contributed by atoms with E-state index >= 15 is 0 Å². The first-order valence-corrected chi connectivity index (χ1v) is 13.5. The summed E-state index contributed by atoms with van der Waals surface area (Å²) in [5, 5.41) is 20.3. The normalized spacial score (nSPS) is 14.2. The number of carbonyl (C=O) groups is 1. The molecule has 0 amide bonds. The minimum absolute atomic E-state index is 0.0930. The Morgan fingerprint density at radius 1 is 0.949 bits per heavy atom. The second-order valence-electron chi connectivity index (χ2n) is 10.6. The van der Waals surface area contributed by atoms with Crippen LogP contribution < -0.4 is 18.9 Å². The van der Waals surface area contributed by atoms with Crippen molar-refractivity contribution in [3.8, 4) is 29.1 Å². The molecule has 0 aliphatic heterocycles. The molecule has 0 aliphatic carbocycles. The van der Waals surface area contributed by atoms with Crippen molar-refractivity contribution in [3.63, 3.8) is 0 Å². The average Bonchev–Trinajstić information content (AvgIpc) is 2.93. The maximum absolute atomic E-state index is 12.0. The van der Waals surface area contributed by atoms with Crippen molar-refractivity contribution in [1.82, 2.24) is 0 Å². The Hall–Kier alpha value is -3.44. The fraction of sp³-hybridized carbons (Fsp3) is 0.548. The molecule has 39 heavy (non-hydrogen) atoms. The molecule has 0 radical (unpaired) electrons. The van der Waals surface area contributed by atoms with Crippen molar-refractivity contribution in [1.29, 1.82) is 5.26 Å². The SMILES string of the molecule is CCC[N+](C)(CCCC(C#N)(c1ccc(OC)c(OC)c1)C(C)C)CCc1cc(OC)c(OC)cc1C(=O)O. The Labute approximate surface area is 233 Å². The number of methoxy groups -OCH3 is 4. The Balaban J connectivity index is 2.28. The molecule has 0 spiro atoms. The number of nitrogens with zero attached hydrogens (tertiary/aromatic N) is 2. The highest BCUT2D eigenvalue weighted by molar-refractivity contribution is 5.90. The minimum atomic E-state index is -0.985. The number of carboxylic acids is 1. The van der Waals surface area contributed by atoms with Crippen molar-refractivity contribution in [3.05, 3.63) is 47.0 Å². The molecule has 2 rings (SSSR count). The Morgan fingerprint density at radius 2 is 1.54 bits per heavy atom. The van der Waals surface area contributed by atoms with Gasteiger partial charge in [-0.05, 0) is 60.6 Å². The van der Waals surface area contributed by atoms with Crippen LogP contribution in [0.1, 0.15) is 61.5 Å². The van der Waals surface area contributed by atoms with E-state index in [1.807, 2.05) is 18.2 Å². The molecule has 2 aromatic rings. The number of benzene rings is 2. The van der Waals surface area contributed by atoms with E-state index in [9.17, 15) is 15.2 Å². The van der Waals surface area contributed by atoms with E-state index in [1.54, 1.807) is 27.4 Å². The minimum Gasteiger partial charge on any atom is -0.493 e. The summed E-state index contributed by atoms with van der Waals surface area (Å²) in [5.41, 5.74) is 1.21. The summed E-state index contributed by atoms with van der Waals surface area (Å²) < 4.78 is 22.4. The highest BCUT2D eigenvalue weighted by atomic mass is 16.5.